The summed E-state index contributed by atoms with van der Waals surface area (Å²) in [5.74, 6) is 1.11. The topological polar surface area (TPSA) is 47.6 Å². The maximum absolute atomic E-state index is 12.2. The van der Waals surface area contributed by atoms with Crippen molar-refractivity contribution in [2.45, 2.75) is 12.8 Å². The fourth-order valence-corrected chi connectivity index (χ4v) is 2.65. The molecule has 0 saturated carbocycles. The van der Waals surface area contributed by atoms with Crippen LogP contribution in [0.1, 0.15) is 12.0 Å². The summed E-state index contributed by atoms with van der Waals surface area (Å²) in [6.07, 6.45) is 1.86. The number of carbonyl (C=O) groups is 1. The molecule has 0 aliphatic carbocycles. The van der Waals surface area contributed by atoms with Crippen LogP contribution in [0.3, 0.4) is 0 Å². The quantitative estimate of drug-likeness (QED) is 0.561. The van der Waals surface area contributed by atoms with Gasteiger partial charge in [-0.3, -0.25) is 4.79 Å². The number of rotatable bonds is 9. The van der Waals surface area contributed by atoms with Gasteiger partial charge in [-0.05, 0) is 42.7 Å². The smallest absolute Gasteiger partial charge is 0.262 e. The molecule has 138 valence electrons. The normalized spacial score (nSPS) is 10.2. The summed E-state index contributed by atoms with van der Waals surface area (Å²) in [6, 6.07) is 27.0. The first kappa shape index (κ1) is 18.5. The number of aryl methyl sites for hydroxylation is 1. The van der Waals surface area contributed by atoms with Gasteiger partial charge in [-0.25, -0.2) is 0 Å². The molecule has 0 aliphatic heterocycles. The van der Waals surface area contributed by atoms with Gasteiger partial charge < -0.3 is 14.8 Å². The van der Waals surface area contributed by atoms with Crippen LogP contribution in [0.5, 0.6) is 11.5 Å². The Morgan fingerprint density at radius 3 is 2.22 bits per heavy atom. The predicted molar refractivity (Wildman–Crippen MR) is 107 cm³/mol. The second-order valence-corrected chi connectivity index (χ2v) is 6.08. The second-order valence-electron chi connectivity index (χ2n) is 6.08. The lowest BCUT2D eigenvalue weighted by Gasteiger charge is -2.13. The Balaban J connectivity index is 1.47. The highest BCUT2D eigenvalue weighted by molar-refractivity contribution is 5.93. The zero-order valence-electron chi connectivity index (χ0n) is 15.1. The van der Waals surface area contributed by atoms with E-state index in [1.165, 1.54) is 5.56 Å². The first-order valence-corrected chi connectivity index (χ1v) is 9.05. The Labute approximate surface area is 159 Å². The van der Waals surface area contributed by atoms with Crippen LogP contribution in [0.15, 0.2) is 84.9 Å². The fraction of sp³-hybridized carbons (Fsp3) is 0.174. The molecule has 3 aromatic rings. The summed E-state index contributed by atoms with van der Waals surface area (Å²) in [5.41, 5.74) is 1.94. The van der Waals surface area contributed by atoms with Gasteiger partial charge in [-0.2, -0.15) is 0 Å². The molecule has 0 spiro atoms. The number of hydrogen-bond donors (Lipinski definition) is 1. The zero-order valence-corrected chi connectivity index (χ0v) is 15.1. The van der Waals surface area contributed by atoms with Crippen LogP contribution in [0.4, 0.5) is 5.69 Å². The third kappa shape index (κ3) is 6.19. The Kier molecular flexibility index (Phi) is 6.87. The highest BCUT2D eigenvalue weighted by atomic mass is 16.5. The Morgan fingerprint density at radius 1 is 0.778 bits per heavy atom. The molecule has 0 aromatic heterocycles. The van der Waals surface area contributed by atoms with Gasteiger partial charge in [-0.15, -0.1) is 0 Å². The van der Waals surface area contributed by atoms with Crippen LogP contribution in [-0.2, 0) is 11.2 Å². The molecule has 1 amide bonds. The Morgan fingerprint density at radius 2 is 1.44 bits per heavy atom. The number of benzene rings is 3. The van der Waals surface area contributed by atoms with E-state index in [2.05, 4.69) is 17.4 Å². The molecule has 1 N–H and O–H groups in total. The highest BCUT2D eigenvalue weighted by Gasteiger charge is 2.08. The molecular formula is C23H23NO3. The molecule has 0 heterocycles. The average molecular weight is 361 g/mol. The summed E-state index contributed by atoms with van der Waals surface area (Å²) < 4.78 is 11.3. The van der Waals surface area contributed by atoms with Crippen molar-refractivity contribution in [1.82, 2.24) is 0 Å². The van der Waals surface area contributed by atoms with Crippen LogP contribution < -0.4 is 14.8 Å². The van der Waals surface area contributed by atoms with Crippen molar-refractivity contribution in [3.05, 3.63) is 90.5 Å². The number of nitrogens with one attached hydrogen (secondary N) is 1. The van der Waals surface area contributed by atoms with Crippen LogP contribution in [0.2, 0.25) is 0 Å². The number of para-hydroxylation sites is 3. The van der Waals surface area contributed by atoms with Crippen molar-refractivity contribution in [3.8, 4) is 11.5 Å². The monoisotopic (exact) mass is 361 g/mol. The Bertz CT molecular complexity index is 835. The summed E-state index contributed by atoms with van der Waals surface area (Å²) >= 11 is 0. The SMILES string of the molecule is O=C(COc1ccccc1)Nc1ccccc1OCCCc1ccccc1. The van der Waals surface area contributed by atoms with Crippen molar-refractivity contribution in [3.63, 3.8) is 0 Å². The van der Waals surface area contributed by atoms with Gasteiger partial charge >= 0.3 is 0 Å². The van der Waals surface area contributed by atoms with E-state index in [9.17, 15) is 4.79 Å². The lowest BCUT2D eigenvalue weighted by Crippen LogP contribution is -2.20. The number of anilines is 1. The van der Waals surface area contributed by atoms with Gasteiger partial charge in [0.2, 0.25) is 0 Å². The molecule has 4 nitrogen and oxygen atoms in total. The lowest BCUT2D eigenvalue weighted by atomic mass is 10.1. The number of hydrogen-bond acceptors (Lipinski definition) is 3. The van der Waals surface area contributed by atoms with Gasteiger partial charge in [0, 0.05) is 0 Å². The lowest BCUT2D eigenvalue weighted by molar-refractivity contribution is -0.118. The molecule has 3 rings (SSSR count). The van der Waals surface area contributed by atoms with Crippen molar-refractivity contribution >= 4 is 11.6 Å². The molecule has 0 atom stereocenters. The van der Waals surface area contributed by atoms with E-state index >= 15 is 0 Å². The molecule has 0 aliphatic rings. The minimum Gasteiger partial charge on any atom is -0.491 e. The van der Waals surface area contributed by atoms with Gasteiger partial charge in [-0.1, -0.05) is 60.7 Å². The van der Waals surface area contributed by atoms with Crippen LogP contribution in [0, 0.1) is 0 Å². The van der Waals surface area contributed by atoms with E-state index in [1.807, 2.05) is 72.8 Å². The maximum Gasteiger partial charge on any atom is 0.262 e. The summed E-state index contributed by atoms with van der Waals surface area (Å²) in [6.45, 7) is 0.536. The third-order valence-corrected chi connectivity index (χ3v) is 3.98. The standard InChI is InChI=1S/C23H23NO3/c25-23(18-27-20-13-5-2-6-14-20)24-21-15-7-8-16-22(21)26-17-9-12-19-10-3-1-4-11-19/h1-8,10-11,13-16H,9,12,17-18H2,(H,24,25). The van der Waals surface area contributed by atoms with E-state index < -0.39 is 0 Å². The van der Waals surface area contributed by atoms with Crippen molar-refractivity contribution in [1.29, 1.82) is 0 Å². The number of ether oxygens (including phenoxy) is 2. The molecule has 0 fully saturated rings. The van der Waals surface area contributed by atoms with E-state index in [-0.39, 0.29) is 12.5 Å². The van der Waals surface area contributed by atoms with Crippen LogP contribution >= 0.6 is 0 Å². The molecule has 0 bridgehead atoms. The third-order valence-electron chi connectivity index (χ3n) is 3.98. The maximum atomic E-state index is 12.2. The van der Waals surface area contributed by atoms with Gasteiger partial charge in [0.15, 0.2) is 6.61 Å². The largest absolute Gasteiger partial charge is 0.491 e. The van der Waals surface area contributed by atoms with E-state index in [4.69, 9.17) is 9.47 Å². The molecule has 0 radical (unpaired) electrons. The van der Waals surface area contributed by atoms with Crippen LogP contribution in [0.25, 0.3) is 0 Å². The van der Waals surface area contributed by atoms with Crippen molar-refractivity contribution in [2.24, 2.45) is 0 Å². The summed E-state index contributed by atoms with van der Waals surface area (Å²) in [7, 11) is 0. The molecule has 3 aromatic carbocycles. The van der Waals surface area contributed by atoms with Gasteiger partial charge in [0.1, 0.15) is 11.5 Å². The van der Waals surface area contributed by atoms with Gasteiger partial charge in [0.25, 0.3) is 5.91 Å². The molecular weight excluding hydrogens is 338 g/mol. The Hall–Kier alpha value is -3.27. The molecule has 0 saturated heterocycles. The number of carbonyl (C=O) groups excluding carboxylic acids is 1. The summed E-state index contributed by atoms with van der Waals surface area (Å²) in [4.78, 5) is 12.2. The number of amides is 1. The van der Waals surface area contributed by atoms with Crippen molar-refractivity contribution < 1.29 is 14.3 Å². The van der Waals surface area contributed by atoms with Crippen LogP contribution in [-0.4, -0.2) is 19.1 Å². The highest BCUT2D eigenvalue weighted by Crippen LogP contribution is 2.24. The first-order chi connectivity index (χ1) is 13.3. The molecule has 4 heteroatoms. The van der Waals surface area contributed by atoms with Gasteiger partial charge in [0.05, 0.1) is 12.3 Å². The van der Waals surface area contributed by atoms with Crippen molar-refractivity contribution in [2.75, 3.05) is 18.5 Å². The van der Waals surface area contributed by atoms with E-state index in [0.29, 0.717) is 23.8 Å². The minimum atomic E-state index is -0.223. The molecule has 0 unspecified atom stereocenters. The van der Waals surface area contributed by atoms with E-state index in [1.54, 1.807) is 0 Å². The molecule has 27 heavy (non-hydrogen) atoms. The second kappa shape index (κ2) is 10.0. The first-order valence-electron chi connectivity index (χ1n) is 9.05. The zero-order chi connectivity index (χ0) is 18.7. The summed E-state index contributed by atoms with van der Waals surface area (Å²) in [5, 5.41) is 2.85. The van der Waals surface area contributed by atoms with E-state index in [0.717, 1.165) is 12.8 Å². The fourth-order valence-electron chi connectivity index (χ4n) is 2.65. The average Bonchev–Trinajstić information content (AvgIpc) is 2.72. The predicted octanol–water partition coefficient (Wildman–Crippen LogP) is 4.72. The minimum absolute atomic E-state index is 0.0493.